The van der Waals surface area contributed by atoms with Gasteiger partial charge in [-0.3, -0.25) is 15.0 Å². The van der Waals surface area contributed by atoms with E-state index in [1.165, 1.54) is 12.1 Å². The SMILES string of the molecule is CC(C)N1C[C@H](O)C[C@H]1c1nc(-c2cccc([N+](=O)[O-])c2)no1. The van der Waals surface area contributed by atoms with Gasteiger partial charge in [-0.1, -0.05) is 17.3 Å². The van der Waals surface area contributed by atoms with E-state index >= 15 is 0 Å². The molecule has 8 nitrogen and oxygen atoms in total. The van der Waals surface area contributed by atoms with E-state index in [0.717, 1.165) is 0 Å². The molecule has 23 heavy (non-hydrogen) atoms. The molecule has 1 saturated heterocycles. The van der Waals surface area contributed by atoms with Gasteiger partial charge in [-0.05, 0) is 20.3 Å². The Balaban J connectivity index is 1.88. The Kier molecular flexibility index (Phi) is 4.10. The van der Waals surface area contributed by atoms with E-state index in [9.17, 15) is 15.2 Å². The number of β-amino-alcohol motifs (C(OH)–C–C–N with tert-alkyl or cyclic N) is 1. The van der Waals surface area contributed by atoms with Crippen molar-refractivity contribution in [3.8, 4) is 11.4 Å². The van der Waals surface area contributed by atoms with Crippen LogP contribution in [0.1, 0.15) is 32.2 Å². The largest absolute Gasteiger partial charge is 0.392 e. The maximum atomic E-state index is 10.9. The Morgan fingerprint density at radius 3 is 2.96 bits per heavy atom. The second kappa shape index (κ2) is 6.05. The molecule has 1 fully saturated rings. The third-order valence-corrected chi connectivity index (χ3v) is 4.02. The standard InChI is InChI=1S/C15H18N4O4/c1-9(2)18-8-12(20)7-13(18)15-16-14(17-23-15)10-4-3-5-11(6-10)19(21)22/h3-6,9,12-13,20H,7-8H2,1-2H3/t12-,13+/m1/s1. The first-order valence-corrected chi connectivity index (χ1v) is 7.48. The second-order valence-electron chi connectivity index (χ2n) is 5.96. The number of aromatic nitrogens is 2. The number of nitro benzene ring substituents is 1. The van der Waals surface area contributed by atoms with E-state index < -0.39 is 11.0 Å². The molecule has 2 aromatic rings. The molecule has 2 heterocycles. The Hall–Kier alpha value is -2.32. The van der Waals surface area contributed by atoms with Crippen LogP contribution in [0.3, 0.4) is 0 Å². The lowest BCUT2D eigenvalue weighted by molar-refractivity contribution is -0.384. The molecule has 8 heteroatoms. The number of hydrogen-bond acceptors (Lipinski definition) is 7. The molecule has 0 bridgehead atoms. The van der Waals surface area contributed by atoms with Crippen molar-refractivity contribution in [1.82, 2.24) is 15.0 Å². The van der Waals surface area contributed by atoms with Crippen molar-refractivity contribution in [2.75, 3.05) is 6.54 Å². The molecule has 3 rings (SSSR count). The highest BCUT2D eigenvalue weighted by molar-refractivity contribution is 5.58. The first kappa shape index (κ1) is 15.6. The summed E-state index contributed by atoms with van der Waals surface area (Å²) in [7, 11) is 0. The highest BCUT2D eigenvalue weighted by Crippen LogP contribution is 2.34. The van der Waals surface area contributed by atoms with E-state index in [4.69, 9.17) is 4.52 Å². The third kappa shape index (κ3) is 3.08. The zero-order valence-corrected chi connectivity index (χ0v) is 12.9. The van der Waals surface area contributed by atoms with E-state index in [2.05, 4.69) is 15.0 Å². The van der Waals surface area contributed by atoms with Crippen LogP contribution in [0.5, 0.6) is 0 Å². The monoisotopic (exact) mass is 318 g/mol. The molecule has 122 valence electrons. The number of aliphatic hydroxyl groups is 1. The number of likely N-dealkylation sites (tertiary alicyclic amines) is 1. The summed E-state index contributed by atoms with van der Waals surface area (Å²) < 4.78 is 5.35. The molecule has 0 radical (unpaired) electrons. The van der Waals surface area contributed by atoms with E-state index in [0.29, 0.717) is 30.2 Å². The van der Waals surface area contributed by atoms with Gasteiger partial charge in [0.15, 0.2) is 0 Å². The Morgan fingerprint density at radius 2 is 2.26 bits per heavy atom. The highest BCUT2D eigenvalue weighted by Gasteiger charge is 2.37. The molecule has 0 spiro atoms. The van der Waals surface area contributed by atoms with Crippen molar-refractivity contribution in [1.29, 1.82) is 0 Å². The Morgan fingerprint density at radius 1 is 1.48 bits per heavy atom. The molecule has 0 unspecified atom stereocenters. The van der Waals surface area contributed by atoms with Crippen LogP contribution in [0.15, 0.2) is 28.8 Å². The molecule has 1 N–H and O–H groups in total. The molecule has 1 aromatic carbocycles. The number of benzene rings is 1. The van der Waals surface area contributed by atoms with Crippen LogP contribution in [0, 0.1) is 10.1 Å². The number of nitrogens with zero attached hydrogens (tertiary/aromatic N) is 4. The van der Waals surface area contributed by atoms with E-state index in [1.807, 2.05) is 13.8 Å². The number of hydrogen-bond donors (Lipinski definition) is 1. The van der Waals surface area contributed by atoms with Crippen LogP contribution in [-0.4, -0.2) is 43.8 Å². The molecule has 0 saturated carbocycles. The topological polar surface area (TPSA) is 106 Å². The Labute approximate surface area is 132 Å². The summed E-state index contributed by atoms with van der Waals surface area (Å²) in [5.74, 6) is 0.741. The first-order valence-electron chi connectivity index (χ1n) is 7.48. The van der Waals surface area contributed by atoms with Gasteiger partial charge in [-0.2, -0.15) is 4.98 Å². The summed E-state index contributed by atoms with van der Waals surface area (Å²) in [6.45, 7) is 4.66. The lowest BCUT2D eigenvalue weighted by Crippen LogP contribution is -2.31. The van der Waals surface area contributed by atoms with E-state index in [1.54, 1.807) is 12.1 Å². The quantitative estimate of drug-likeness (QED) is 0.680. The summed E-state index contributed by atoms with van der Waals surface area (Å²) in [6.07, 6.45) is 0.116. The van der Waals surface area contributed by atoms with Gasteiger partial charge in [0.25, 0.3) is 5.69 Å². The molecular weight excluding hydrogens is 300 g/mol. The Bertz CT molecular complexity index is 715. The molecule has 2 atom stereocenters. The summed E-state index contributed by atoms with van der Waals surface area (Å²) >= 11 is 0. The molecule has 1 aliphatic rings. The van der Waals surface area contributed by atoms with Crippen LogP contribution in [0.4, 0.5) is 5.69 Å². The van der Waals surface area contributed by atoms with Crippen LogP contribution < -0.4 is 0 Å². The van der Waals surface area contributed by atoms with Crippen molar-refractivity contribution < 1.29 is 14.6 Å². The van der Waals surface area contributed by atoms with Gasteiger partial charge >= 0.3 is 0 Å². The average Bonchev–Trinajstić information content (AvgIpc) is 3.13. The predicted molar refractivity (Wildman–Crippen MR) is 81.6 cm³/mol. The van der Waals surface area contributed by atoms with Gasteiger partial charge < -0.3 is 9.63 Å². The minimum atomic E-state index is -0.460. The summed E-state index contributed by atoms with van der Waals surface area (Å²) in [4.78, 5) is 16.9. The predicted octanol–water partition coefficient (Wildman–Crippen LogP) is 2.16. The van der Waals surface area contributed by atoms with E-state index in [-0.39, 0.29) is 17.8 Å². The highest BCUT2D eigenvalue weighted by atomic mass is 16.6. The summed E-state index contributed by atoms with van der Waals surface area (Å²) in [6, 6.07) is 6.22. The maximum Gasteiger partial charge on any atom is 0.270 e. The smallest absolute Gasteiger partial charge is 0.270 e. The maximum absolute atomic E-state index is 10.9. The third-order valence-electron chi connectivity index (χ3n) is 4.02. The van der Waals surface area contributed by atoms with Gasteiger partial charge in [-0.25, -0.2) is 0 Å². The molecule has 0 amide bonds. The van der Waals surface area contributed by atoms with Crippen molar-refractivity contribution in [3.05, 3.63) is 40.3 Å². The van der Waals surface area contributed by atoms with Crippen molar-refractivity contribution in [2.24, 2.45) is 0 Å². The summed E-state index contributed by atoms with van der Waals surface area (Å²) in [5.41, 5.74) is 0.512. The fraction of sp³-hybridized carbons (Fsp3) is 0.467. The van der Waals surface area contributed by atoms with Gasteiger partial charge in [0, 0.05) is 30.3 Å². The molecular formula is C15H18N4O4. The van der Waals surface area contributed by atoms with Gasteiger partial charge in [0.05, 0.1) is 17.1 Å². The fourth-order valence-corrected chi connectivity index (χ4v) is 2.90. The van der Waals surface area contributed by atoms with Crippen LogP contribution >= 0.6 is 0 Å². The number of non-ortho nitro benzene ring substituents is 1. The van der Waals surface area contributed by atoms with Crippen molar-refractivity contribution in [2.45, 2.75) is 38.5 Å². The minimum Gasteiger partial charge on any atom is -0.392 e. The van der Waals surface area contributed by atoms with Crippen LogP contribution in [-0.2, 0) is 0 Å². The second-order valence-corrected chi connectivity index (χ2v) is 5.96. The number of rotatable bonds is 4. The van der Waals surface area contributed by atoms with Crippen LogP contribution in [0.25, 0.3) is 11.4 Å². The normalized spacial score (nSPS) is 21.9. The zero-order chi connectivity index (χ0) is 16.6. The van der Waals surface area contributed by atoms with Crippen LogP contribution in [0.2, 0.25) is 0 Å². The average molecular weight is 318 g/mol. The summed E-state index contributed by atoms with van der Waals surface area (Å²) in [5, 5.41) is 24.7. The minimum absolute atomic E-state index is 0.0195. The van der Waals surface area contributed by atoms with Crippen molar-refractivity contribution in [3.63, 3.8) is 0 Å². The first-order chi connectivity index (χ1) is 11.0. The number of nitro groups is 1. The van der Waals surface area contributed by atoms with Gasteiger partial charge in [0.2, 0.25) is 11.7 Å². The van der Waals surface area contributed by atoms with Gasteiger partial charge in [-0.15, -0.1) is 0 Å². The molecule has 0 aliphatic carbocycles. The molecule has 1 aliphatic heterocycles. The number of aliphatic hydroxyl groups excluding tert-OH is 1. The lowest BCUT2D eigenvalue weighted by Gasteiger charge is -2.25. The van der Waals surface area contributed by atoms with Gasteiger partial charge in [0.1, 0.15) is 0 Å². The fourth-order valence-electron chi connectivity index (χ4n) is 2.90. The van der Waals surface area contributed by atoms with Crippen molar-refractivity contribution >= 4 is 5.69 Å². The zero-order valence-electron chi connectivity index (χ0n) is 12.9. The molecule has 1 aromatic heterocycles. The lowest BCUT2D eigenvalue weighted by atomic mass is 10.1.